The molecule has 2 aliphatic heterocycles. The van der Waals surface area contributed by atoms with E-state index in [0.717, 1.165) is 25.1 Å². The van der Waals surface area contributed by atoms with Crippen molar-refractivity contribution in [3.63, 3.8) is 0 Å². The Balaban J connectivity index is 1.27. The number of likely N-dealkylation sites (tertiary alicyclic amines) is 1. The molecule has 2 saturated carbocycles. The van der Waals surface area contributed by atoms with Gasteiger partial charge in [0.05, 0.1) is 22.9 Å². The molecule has 3 fully saturated rings. The van der Waals surface area contributed by atoms with E-state index in [4.69, 9.17) is 0 Å². The molecule has 35 heavy (non-hydrogen) atoms. The lowest BCUT2D eigenvalue weighted by Crippen LogP contribution is -2.60. The standard InChI is InChI=1S/C25H23F4N5O/c1-13-4-6-16(20(32-13)21-17(26)3-2-8-30-21)23(35)34-12-15-9-24(15)10-18(22(24)34)33-19-7-5-14(11-31-19)25(27,28)29/h2-8,11,13,15,18,22,32H,9-10,12H2,1H3,(H,31,33). The van der Waals surface area contributed by atoms with Crippen LogP contribution in [0.1, 0.15) is 31.0 Å². The van der Waals surface area contributed by atoms with Crippen LogP contribution in [0, 0.1) is 17.2 Å². The highest BCUT2D eigenvalue weighted by Crippen LogP contribution is 2.71. The minimum Gasteiger partial charge on any atom is -0.377 e. The number of anilines is 1. The minimum absolute atomic E-state index is 0.0509. The summed E-state index contributed by atoms with van der Waals surface area (Å²) in [5.41, 5.74) is 0.0693. The molecule has 1 saturated heterocycles. The van der Waals surface area contributed by atoms with Crippen LogP contribution in [0.3, 0.4) is 0 Å². The Bertz CT molecular complexity index is 1260. The van der Waals surface area contributed by atoms with Gasteiger partial charge in [0.1, 0.15) is 11.5 Å². The Morgan fingerprint density at radius 3 is 2.77 bits per heavy atom. The maximum Gasteiger partial charge on any atom is 0.417 e. The molecule has 2 aromatic heterocycles. The van der Waals surface area contributed by atoms with E-state index in [1.807, 2.05) is 17.9 Å². The molecule has 6 rings (SSSR count). The number of halogens is 4. The van der Waals surface area contributed by atoms with E-state index in [1.54, 1.807) is 6.08 Å². The van der Waals surface area contributed by atoms with Gasteiger partial charge in [0.15, 0.2) is 5.82 Å². The number of piperidine rings is 1. The van der Waals surface area contributed by atoms with E-state index in [1.165, 1.54) is 24.4 Å². The molecule has 0 bridgehead atoms. The third kappa shape index (κ3) is 3.49. The van der Waals surface area contributed by atoms with E-state index in [2.05, 4.69) is 20.6 Å². The van der Waals surface area contributed by atoms with Crippen LogP contribution < -0.4 is 10.6 Å². The van der Waals surface area contributed by atoms with Crippen molar-refractivity contribution in [1.29, 1.82) is 0 Å². The van der Waals surface area contributed by atoms with E-state index >= 15 is 0 Å². The van der Waals surface area contributed by atoms with Crippen LogP contribution in [0.5, 0.6) is 0 Å². The van der Waals surface area contributed by atoms with Gasteiger partial charge in [-0.3, -0.25) is 9.78 Å². The van der Waals surface area contributed by atoms with Crippen molar-refractivity contribution < 1.29 is 22.4 Å². The number of nitrogens with zero attached hydrogens (tertiary/aromatic N) is 3. The lowest BCUT2D eigenvalue weighted by Gasteiger charge is -2.48. The molecule has 5 unspecified atom stereocenters. The summed E-state index contributed by atoms with van der Waals surface area (Å²) in [6.45, 7) is 2.51. The molecule has 1 amide bonds. The summed E-state index contributed by atoms with van der Waals surface area (Å²) in [4.78, 5) is 23.7. The molecule has 4 aliphatic rings. The number of carbonyl (C=O) groups excluding carboxylic acids is 1. The van der Waals surface area contributed by atoms with Gasteiger partial charge in [-0.05, 0) is 61.4 Å². The topological polar surface area (TPSA) is 70.2 Å². The number of hydrogen-bond acceptors (Lipinski definition) is 5. The maximum absolute atomic E-state index is 14.6. The maximum atomic E-state index is 14.6. The molecular formula is C25H23F4N5O. The van der Waals surface area contributed by atoms with E-state index < -0.39 is 17.6 Å². The van der Waals surface area contributed by atoms with Crippen molar-refractivity contribution in [2.45, 2.75) is 44.1 Å². The minimum atomic E-state index is -4.44. The largest absolute Gasteiger partial charge is 0.417 e. The smallest absolute Gasteiger partial charge is 0.377 e. The highest BCUT2D eigenvalue weighted by molar-refractivity contribution is 6.04. The van der Waals surface area contributed by atoms with Gasteiger partial charge in [0, 0.05) is 31.0 Å². The summed E-state index contributed by atoms with van der Waals surface area (Å²) in [6, 6.07) is 4.82. The quantitative estimate of drug-likeness (QED) is 0.641. The zero-order valence-electron chi connectivity index (χ0n) is 18.8. The summed E-state index contributed by atoms with van der Waals surface area (Å²) >= 11 is 0. The first kappa shape index (κ1) is 22.1. The number of dihydropyridines is 1. The van der Waals surface area contributed by atoms with Crippen molar-refractivity contribution in [2.24, 2.45) is 11.3 Å². The second-order valence-electron chi connectivity index (χ2n) is 9.84. The Kier molecular flexibility index (Phi) is 4.75. The van der Waals surface area contributed by atoms with Gasteiger partial charge < -0.3 is 15.5 Å². The van der Waals surface area contributed by atoms with Crippen LogP contribution in [0.15, 0.2) is 54.4 Å². The number of amides is 1. The van der Waals surface area contributed by atoms with Crippen molar-refractivity contribution in [3.8, 4) is 0 Å². The van der Waals surface area contributed by atoms with Gasteiger partial charge in [0.2, 0.25) is 0 Å². The summed E-state index contributed by atoms with van der Waals surface area (Å²) in [5, 5.41) is 6.42. The Morgan fingerprint density at radius 2 is 2.06 bits per heavy atom. The van der Waals surface area contributed by atoms with Crippen LogP contribution in [0.2, 0.25) is 0 Å². The number of rotatable bonds is 4. The van der Waals surface area contributed by atoms with Crippen molar-refractivity contribution >= 4 is 17.4 Å². The fourth-order valence-electron chi connectivity index (χ4n) is 5.97. The molecule has 10 heteroatoms. The fourth-order valence-corrected chi connectivity index (χ4v) is 5.97. The molecule has 2 N–H and O–H groups in total. The van der Waals surface area contributed by atoms with Crippen LogP contribution in [0.4, 0.5) is 23.4 Å². The predicted molar refractivity (Wildman–Crippen MR) is 120 cm³/mol. The number of carbonyl (C=O) groups is 1. The van der Waals surface area contributed by atoms with Gasteiger partial charge in [0.25, 0.3) is 5.91 Å². The van der Waals surface area contributed by atoms with Crippen LogP contribution in [-0.4, -0.2) is 45.4 Å². The van der Waals surface area contributed by atoms with Crippen molar-refractivity contribution in [1.82, 2.24) is 20.2 Å². The molecule has 4 heterocycles. The summed E-state index contributed by atoms with van der Waals surface area (Å²) in [5.74, 6) is 0.0345. The van der Waals surface area contributed by atoms with E-state index in [0.29, 0.717) is 29.6 Å². The van der Waals surface area contributed by atoms with E-state index in [9.17, 15) is 22.4 Å². The average Bonchev–Trinajstić information content (AvgIpc) is 3.47. The highest BCUT2D eigenvalue weighted by atomic mass is 19.4. The monoisotopic (exact) mass is 485 g/mol. The molecule has 1 spiro atoms. The lowest BCUT2D eigenvalue weighted by molar-refractivity contribution is -0.137. The van der Waals surface area contributed by atoms with E-state index in [-0.39, 0.29) is 35.1 Å². The Morgan fingerprint density at radius 1 is 1.23 bits per heavy atom. The van der Waals surface area contributed by atoms with Gasteiger partial charge >= 0.3 is 6.18 Å². The second kappa shape index (κ2) is 7.53. The van der Waals surface area contributed by atoms with Gasteiger partial charge in [-0.2, -0.15) is 13.2 Å². The molecule has 0 radical (unpaired) electrons. The SMILES string of the molecule is CC1C=CC(C(=O)N2CC3CC34CC(Nc3ccc(C(F)(F)F)cn3)C24)=C(c2ncccc2F)N1. The predicted octanol–water partition coefficient (Wildman–Crippen LogP) is 4.00. The molecule has 6 nitrogen and oxygen atoms in total. The number of aromatic nitrogens is 2. The first-order chi connectivity index (χ1) is 16.7. The number of pyridine rings is 2. The average molecular weight is 485 g/mol. The molecular weight excluding hydrogens is 462 g/mol. The first-order valence-corrected chi connectivity index (χ1v) is 11.6. The third-order valence-electron chi connectivity index (χ3n) is 7.71. The second-order valence-corrected chi connectivity index (χ2v) is 9.84. The normalized spacial score (nSPS) is 30.8. The van der Waals surface area contributed by atoms with Gasteiger partial charge in [-0.15, -0.1) is 0 Å². The zero-order chi connectivity index (χ0) is 24.5. The molecule has 2 aliphatic carbocycles. The lowest BCUT2D eigenvalue weighted by atomic mass is 9.71. The van der Waals surface area contributed by atoms with Crippen LogP contribution in [-0.2, 0) is 11.0 Å². The number of hydrogen-bond donors (Lipinski definition) is 2. The molecule has 0 aromatic carbocycles. The van der Waals surface area contributed by atoms with Gasteiger partial charge in [-0.1, -0.05) is 6.08 Å². The van der Waals surface area contributed by atoms with Gasteiger partial charge in [-0.25, -0.2) is 9.37 Å². The number of alkyl halides is 3. The summed E-state index contributed by atoms with van der Waals surface area (Å²) in [6.07, 6.45) is 3.30. The highest BCUT2D eigenvalue weighted by Gasteiger charge is 2.75. The van der Waals surface area contributed by atoms with Crippen LogP contribution in [0.25, 0.3) is 5.70 Å². The molecule has 5 atom stereocenters. The molecule has 182 valence electrons. The Hall–Kier alpha value is -3.43. The third-order valence-corrected chi connectivity index (χ3v) is 7.71. The van der Waals surface area contributed by atoms with Crippen molar-refractivity contribution in [2.75, 3.05) is 11.9 Å². The van der Waals surface area contributed by atoms with Crippen LogP contribution >= 0.6 is 0 Å². The fraction of sp³-hybridized carbons (Fsp3) is 0.400. The molecule has 2 aromatic rings. The van der Waals surface area contributed by atoms with Crippen molar-refractivity contribution in [3.05, 3.63) is 71.5 Å². The summed E-state index contributed by atoms with van der Waals surface area (Å²) in [7, 11) is 0. The first-order valence-electron chi connectivity index (χ1n) is 11.6. The Labute approximate surface area is 199 Å². The number of nitrogens with one attached hydrogen (secondary N) is 2. The summed E-state index contributed by atoms with van der Waals surface area (Å²) < 4.78 is 53.2. The zero-order valence-corrected chi connectivity index (χ0v) is 18.8.